The second-order valence-electron chi connectivity index (χ2n) is 5.34. The van der Waals surface area contributed by atoms with Crippen LogP contribution in [-0.2, 0) is 12.0 Å². The van der Waals surface area contributed by atoms with Crippen molar-refractivity contribution in [3.63, 3.8) is 0 Å². The molecule has 3 nitrogen and oxygen atoms in total. The van der Waals surface area contributed by atoms with Gasteiger partial charge in [0.1, 0.15) is 11.6 Å². The van der Waals surface area contributed by atoms with Gasteiger partial charge in [-0.3, -0.25) is 0 Å². The lowest BCUT2D eigenvalue weighted by atomic mass is 9.86. The lowest BCUT2D eigenvalue weighted by Crippen LogP contribution is -2.34. The van der Waals surface area contributed by atoms with Crippen molar-refractivity contribution >= 4 is 11.0 Å². The minimum absolute atomic E-state index is 0.162. The lowest BCUT2D eigenvalue weighted by molar-refractivity contribution is 0.416. The molecule has 0 fully saturated rings. The maximum absolute atomic E-state index is 13.3. The Balaban J connectivity index is 2.68. The van der Waals surface area contributed by atoms with E-state index in [0.717, 1.165) is 36.2 Å². The van der Waals surface area contributed by atoms with Crippen LogP contribution in [0.15, 0.2) is 18.2 Å². The number of nitrogens with two attached hydrogens (primary N) is 1. The SMILES string of the molecule is CCCn1c(C(C)(CC)CN)nc2cc(F)ccc21. The molecule has 0 saturated heterocycles. The topological polar surface area (TPSA) is 43.8 Å². The quantitative estimate of drug-likeness (QED) is 0.900. The zero-order valence-electron chi connectivity index (χ0n) is 11.9. The fraction of sp³-hybridized carbons (Fsp3) is 0.533. The van der Waals surface area contributed by atoms with E-state index in [1.165, 1.54) is 12.1 Å². The van der Waals surface area contributed by atoms with Gasteiger partial charge in [-0.2, -0.15) is 0 Å². The number of halogens is 1. The molecule has 0 aliphatic heterocycles. The standard InChI is InChI=1S/C15H22FN3/c1-4-8-19-13-7-6-11(16)9-12(13)18-14(19)15(3,5-2)10-17/h6-7,9H,4-5,8,10,17H2,1-3H3. The Morgan fingerprint density at radius 3 is 2.68 bits per heavy atom. The molecule has 0 saturated carbocycles. The van der Waals surface area contributed by atoms with Gasteiger partial charge in [0, 0.05) is 24.6 Å². The summed E-state index contributed by atoms with van der Waals surface area (Å²) in [5, 5.41) is 0. The van der Waals surface area contributed by atoms with Crippen LogP contribution < -0.4 is 5.73 Å². The smallest absolute Gasteiger partial charge is 0.125 e. The molecule has 1 atom stereocenters. The second-order valence-corrected chi connectivity index (χ2v) is 5.34. The number of aryl methyl sites for hydroxylation is 1. The number of hydrogen-bond acceptors (Lipinski definition) is 2. The highest BCUT2D eigenvalue weighted by molar-refractivity contribution is 5.76. The molecule has 4 heteroatoms. The summed E-state index contributed by atoms with van der Waals surface area (Å²) < 4.78 is 15.5. The molecule has 0 aliphatic carbocycles. The molecular formula is C15H22FN3. The Morgan fingerprint density at radius 2 is 2.11 bits per heavy atom. The Hall–Kier alpha value is -1.42. The van der Waals surface area contributed by atoms with Gasteiger partial charge >= 0.3 is 0 Å². The maximum atomic E-state index is 13.3. The van der Waals surface area contributed by atoms with E-state index in [1.54, 1.807) is 0 Å². The number of nitrogens with zero attached hydrogens (tertiary/aromatic N) is 2. The van der Waals surface area contributed by atoms with Gasteiger partial charge in [-0.15, -0.1) is 0 Å². The average molecular weight is 263 g/mol. The molecule has 104 valence electrons. The molecule has 1 heterocycles. The number of rotatable bonds is 5. The zero-order chi connectivity index (χ0) is 14.0. The fourth-order valence-electron chi connectivity index (χ4n) is 2.41. The largest absolute Gasteiger partial charge is 0.329 e. The van der Waals surface area contributed by atoms with Crippen LogP contribution in [-0.4, -0.2) is 16.1 Å². The van der Waals surface area contributed by atoms with Crippen LogP contribution in [0.5, 0.6) is 0 Å². The first-order valence-electron chi connectivity index (χ1n) is 6.92. The molecule has 2 N–H and O–H groups in total. The predicted molar refractivity (Wildman–Crippen MR) is 76.7 cm³/mol. The third-order valence-corrected chi connectivity index (χ3v) is 3.93. The van der Waals surface area contributed by atoms with E-state index in [1.807, 2.05) is 6.07 Å². The first-order valence-corrected chi connectivity index (χ1v) is 6.92. The molecule has 19 heavy (non-hydrogen) atoms. The van der Waals surface area contributed by atoms with Crippen LogP contribution in [0.4, 0.5) is 4.39 Å². The lowest BCUT2D eigenvalue weighted by Gasteiger charge is -2.26. The molecule has 0 bridgehead atoms. The van der Waals surface area contributed by atoms with E-state index in [9.17, 15) is 4.39 Å². The van der Waals surface area contributed by atoms with E-state index in [4.69, 9.17) is 5.73 Å². The normalized spacial score (nSPS) is 14.8. The highest BCUT2D eigenvalue weighted by Gasteiger charge is 2.29. The fourth-order valence-corrected chi connectivity index (χ4v) is 2.41. The van der Waals surface area contributed by atoms with Crippen LogP contribution in [0.1, 0.15) is 39.4 Å². The van der Waals surface area contributed by atoms with Crippen LogP contribution in [0.2, 0.25) is 0 Å². The van der Waals surface area contributed by atoms with E-state index >= 15 is 0 Å². The molecule has 0 radical (unpaired) electrons. The number of imidazole rings is 1. The van der Waals surface area contributed by atoms with Gasteiger partial charge in [-0.1, -0.05) is 20.8 Å². The third-order valence-electron chi connectivity index (χ3n) is 3.93. The summed E-state index contributed by atoms with van der Waals surface area (Å²) in [6.45, 7) is 7.79. The molecular weight excluding hydrogens is 241 g/mol. The number of benzene rings is 1. The molecule has 1 unspecified atom stereocenters. The van der Waals surface area contributed by atoms with E-state index in [-0.39, 0.29) is 11.2 Å². The summed E-state index contributed by atoms with van der Waals surface area (Å²) in [7, 11) is 0. The van der Waals surface area contributed by atoms with Crippen molar-refractivity contribution in [3.05, 3.63) is 29.8 Å². The number of aromatic nitrogens is 2. The summed E-state index contributed by atoms with van der Waals surface area (Å²) in [4.78, 5) is 4.65. The molecule has 1 aromatic carbocycles. The minimum atomic E-state index is -0.244. The van der Waals surface area contributed by atoms with Gasteiger partial charge < -0.3 is 10.3 Å². The van der Waals surface area contributed by atoms with Crippen LogP contribution in [0.25, 0.3) is 11.0 Å². The van der Waals surface area contributed by atoms with E-state index in [0.29, 0.717) is 6.54 Å². The van der Waals surface area contributed by atoms with Crippen molar-refractivity contribution < 1.29 is 4.39 Å². The van der Waals surface area contributed by atoms with Crippen molar-refractivity contribution in [3.8, 4) is 0 Å². The highest BCUT2D eigenvalue weighted by atomic mass is 19.1. The summed E-state index contributed by atoms with van der Waals surface area (Å²) in [6, 6.07) is 4.80. The Kier molecular flexibility index (Phi) is 3.90. The van der Waals surface area contributed by atoms with Gasteiger partial charge in [-0.05, 0) is 25.0 Å². The third kappa shape index (κ3) is 2.37. The number of fused-ring (bicyclic) bond motifs is 1. The van der Waals surface area contributed by atoms with Crippen LogP contribution in [0, 0.1) is 5.82 Å². The summed E-state index contributed by atoms with van der Waals surface area (Å²) in [5.74, 6) is 0.728. The molecule has 2 aromatic rings. The first-order chi connectivity index (χ1) is 9.05. The number of hydrogen-bond donors (Lipinski definition) is 1. The molecule has 0 aliphatic rings. The zero-order valence-corrected chi connectivity index (χ0v) is 11.9. The molecule has 1 aromatic heterocycles. The average Bonchev–Trinajstić information content (AvgIpc) is 2.77. The summed E-state index contributed by atoms with van der Waals surface area (Å²) in [6.07, 6.45) is 1.93. The monoisotopic (exact) mass is 263 g/mol. The van der Waals surface area contributed by atoms with Gasteiger partial charge in [0.05, 0.1) is 11.0 Å². The van der Waals surface area contributed by atoms with Gasteiger partial charge in [0.25, 0.3) is 0 Å². The summed E-state index contributed by atoms with van der Waals surface area (Å²) in [5.41, 5.74) is 7.49. The Morgan fingerprint density at radius 1 is 1.37 bits per heavy atom. The maximum Gasteiger partial charge on any atom is 0.125 e. The first kappa shape index (κ1) is 14.0. The van der Waals surface area contributed by atoms with Crippen molar-refractivity contribution in [2.45, 2.75) is 45.6 Å². The molecule has 0 amide bonds. The van der Waals surface area contributed by atoms with Crippen LogP contribution in [0.3, 0.4) is 0 Å². The van der Waals surface area contributed by atoms with E-state index < -0.39 is 0 Å². The minimum Gasteiger partial charge on any atom is -0.329 e. The van der Waals surface area contributed by atoms with Crippen molar-refractivity contribution in [2.24, 2.45) is 5.73 Å². The molecule has 2 rings (SSSR count). The second kappa shape index (κ2) is 5.29. The van der Waals surface area contributed by atoms with E-state index in [2.05, 4.69) is 30.3 Å². The molecule has 0 spiro atoms. The van der Waals surface area contributed by atoms with Crippen molar-refractivity contribution in [1.29, 1.82) is 0 Å². The highest BCUT2D eigenvalue weighted by Crippen LogP contribution is 2.29. The van der Waals surface area contributed by atoms with Gasteiger partial charge in [0.2, 0.25) is 0 Å². The Labute approximate surface area is 113 Å². The van der Waals surface area contributed by atoms with Crippen molar-refractivity contribution in [2.75, 3.05) is 6.54 Å². The van der Waals surface area contributed by atoms with Crippen LogP contribution >= 0.6 is 0 Å². The predicted octanol–water partition coefficient (Wildman–Crippen LogP) is 3.21. The summed E-state index contributed by atoms with van der Waals surface area (Å²) >= 11 is 0. The van der Waals surface area contributed by atoms with Crippen molar-refractivity contribution in [1.82, 2.24) is 9.55 Å². The van der Waals surface area contributed by atoms with Gasteiger partial charge in [0.15, 0.2) is 0 Å². The Bertz CT molecular complexity index is 570. The van der Waals surface area contributed by atoms with Gasteiger partial charge in [-0.25, -0.2) is 9.37 Å².